The van der Waals surface area contributed by atoms with Gasteiger partial charge in [0.1, 0.15) is 11.5 Å². The van der Waals surface area contributed by atoms with Crippen molar-refractivity contribution >= 4 is 47.7 Å². The van der Waals surface area contributed by atoms with Crippen LogP contribution in [0.3, 0.4) is 0 Å². The Hall–Kier alpha value is -4.22. The second kappa shape index (κ2) is 13.6. The Labute approximate surface area is 262 Å². The topological polar surface area (TPSA) is 18.5 Å². The van der Waals surface area contributed by atoms with Crippen molar-refractivity contribution in [3.05, 3.63) is 158 Å². The summed E-state index contributed by atoms with van der Waals surface area (Å²) in [6.07, 6.45) is 1.91. The number of hydrogen-bond donors (Lipinski definition) is 0. The van der Waals surface area contributed by atoms with Crippen LogP contribution in [0.5, 0.6) is 11.5 Å². The van der Waals surface area contributed by atoms with E-state index in [0.717, 1.165) is 24.3 Å². The SMILES string of the molecule is c1ccc(P(c2ccccc2)c2ccc3cc2-c2cc(ccc2P(c2ccccc2)c2ccccc2)OCCCCO3)cc1. The molecule has 0 N–H and O–H groups in total. The summed E-state index contributed by atoms with van der Waals surface area (Å²) >= 11 is 0. The predicted octanol–water partition coefficient (Wildman–Crippen LogP) is 7.42. The molecule has 6 aromatic carbocycles. The molecule has 1 heterocycles. The van der Waals surface area contributed by atoms with E-state index < -0.39 is 15.8 Å². The van der Waals surface area contributed by atoms with Gasteiger partial charge in [0.15, 0.2) is 0 Å². The summed E-state index contributed by atoms with van der Waals surface area (Å²) < 4.78 is 12.7. The van der Waals surface area contributed by atoms with Gasteiger partial charge in [0.2, 0.25) is 0 Å². The largest absolute Gasteiger partial charge is 0.494 e. The molecule has 0 fully saturated rings. The van der Waals surface area contributed by atoms with Crippen molar-refractivity contribution in [1.82, 2.24) is 0 Å². The lowest BCUT2D eigenvalue weighted by molar-refractivity contribution is 0.266. The van der Waals surface area contributed by atoms with E-state index in [4.69, 9.17) is 9.47 Å². The van der Waals surface area contributed by atoms with E-state index in [1.165, 1.54) is 43.0 Å². The maximum atomic E-state index is 6.36. The molecular weight excluding hydrogens is 574 g/mol. The van der Waals surface area contributed by atoms with Gasteiger partial charge in [-0.3, -0.25) is 0 Å². The molecule has 0 spiro atoms. The Morgan fingerprint density at radius 3 is 1.00 bits per heavy atom. The Kier molecular flexibility index (Phi) is 8.83. The molecule has 0 saturated heterocycles. The molecule has 216 valence electrons. The maximum absolute atomic E-state index is 6.36. The van der Waals surface area contributed by atoms with Crippen LogP contribution >= 0.6 is 15.8 Å². The molecule has 1 aliphatic heterocycles. The number of fused-ring (bicyclic) bond motifs is 5. The van der Waals surface area contributed by atoms with Crippen molar-refractivity contribution in [3.8, 4) is 22.6 Å². The van der Waals surface area contributed by atoms with Gasteiger partial charge in [0.05, 0.1) is 13.2 Å². The van der Waals surface area contributed by atoms with Gasteiger partial charge in [-0.2, -0.15) is 0 Å². The predicted molar refractivity (Wildman–Crippen MR) is 190 cm³/mol. The second-order valence-corrected chi connectivity index (χ2v) is 15.1. The van der Waals surface area contributed by atoms with Gasteiger partial charge in [-0.1, -0.05) is 121 Å². The highest BCUT2D eigenvalue weighted by Crippen LogP contribution is 2.43. The molecule has 0 atom stereocenters. The number of benzene rings is 6. The van der Waals surface area contributed by atoms with Crippen molar-refractivity contribution in [2.24, 2.45) is 0 Å². The summed E-state index contributed by atoms with van der Waals surface area (Å²) in [5.41, 5.74) is 2.42. The molecule has 44 heavy (non-hydrogen) atoms. The van der Waals surface area contributed by atoms with E-state index in [1.54, 1.807) is 0 Å². The molecule has 0 aromatic heterocycles. The summed E-state index contributed by atoms with van der Waals surface area (Å²) in [5, 5.41) is 7.94. The zero-order valence-corrected chi connectivity index (χ0v) is 26.3. The number of hydrogen-bond acceptors (Lipinski definition) is 2. The Balaban J connectivity index is 1.51. The van der Waals surface area contributed by atoms with Gasteiger partial charge in [-0.15, -0.1) is 0 Å². The second-order valence-electron chi connectivity index (χ2n) is 10.8. The van der Waals surface area contributed by atoms with Crippen LogP contribution in [0.2, 0.25) is 0 Å². The van der Waals surface area contributed by atoms with Crippen LogP contribution in [0.25, 0.3) is 11.1 Å². The molecule has 0 aliphatic carbocycles. The minimum absolute atomic E-state index is 0.676. The molecule has 6 aromatic rings. The zero-order chi connectivity index (χ0) is 29.6. The van der Waals surface area contributed by atoms with Crippen molar-refractivity contribution in [3.63, 3.8) is 0 Å². The van der Waals surface area contributed by atoms with Crippen molar-refractivity contribution in [2.75, 3.05) is 13.2 Å². The summed E-state index contributed by atoms with van der Waals surface area (Å²) in [4.78, 5) is 0. The van der Waals surface area contributed by atoms with Crippen LogP contribution in [0.4, 0.5) is 0 Å². The van der Waals surface area contributed by atoms with Crippen molar-refractivity contribution in [1.29, 1.82) is 0 Å². The fourth-order valence-electron chi connectivity index (χ4n) is 5.78. The molecule has 0 amide bonds. The molecule has 2 nitrogen and oxygen atoms in total. The molecule has 0 saturated carbocycles. The quantitative estimate of drug-likeness (QED) is 0.183. The number of ether oxygens (including phenoxy) is 2. The van der Waals surface area contributed by atoms with Crippen molar-refractivity contribution < 1.29 is 9.47 Å². The molecule has 4 bridgehead atoms. The third-order valence-corrected chi connectivity index (χ3v) is 12.8. The molecular formula is C40H34O2P2. The average molecular weight is 609 g/mol. The van der Waals surface area contributed by atoms with Gasteiger partial charge in [0.25, 0.3) is 0 Å². The van der Waals surface area contributed by atoms with Gasteiger partial charge in [-0.05, 0) is 108 Å². The first kappa shape index (κ1) is 28.5. The van der Waals surface area contributed by atoms with E-state index in [1.807, 2.05) is 0 Å². The van der Waals surface area contributed by atoms with E-state index in [9.17, 15) is 0 Å². The zero-order valence-electron chi connectivity index (χ0n) is 24.6. The van der Waals surface area contributed by atoms with Gasteiger partial charge in [-0.25, -0.2) is 0 Å². The lowest BCUT2D eigenvalue weighted by atomic mass is 10.0. The van der Waals surface area contributed by atoms with E-state index >= 15 is 0 Å². The van der Waals surface area contributed by atoms with Gasteiger partial charge < -0.3 is 9.47 Å². The normalized spacial score (nSPS) is 13.0. The maximum Gasteiger partial charge on any atom is 0.119 e. The summed E-state index contributed by atoms with van der Waals surface area (Å²) in [6, 6.07) is 57.3. The third kappa shape index (κ3) is 6.20. The average Bonchev–Trinajstić information content (AvgIpc) is 3.09. The minimum Gasteiger partial charge on any atom is -0.494 e. The molecule has 4 heteroatoms. The monoisotopic (exact) mass is 608 g/mol. The standard InChI is InChI=1S/C40H34O2P2/c1-5-15-33(16-6-1)43(34-17-7-2-8-18-34)39-25-23-31-29-37(39)38-30-32(42-28-14-13-27-41-31)24-26-40(38)44(35-19-9-3-10-20-35)36-21-11-4-12-22-36/h1-12,15-26,29-30H,13-14,27-28H2. The summed E-state index contributed by atoms with van der Waals surface area (Å²) in [7, 11) is -1.69. The molecule has 0 unspecified atom stereocenters. The van der Waals surface area contributed by atoms with E-state index in [-0.39, 0.29) is 0 Å². The third-order valence-electron chi connectivity index (χ3n) is 7.84. The van der Waals surface area contributed by atoms with Gasteiger partial charge >= 0.3 is 0 Å². The first-order valence-electron chi connectivity index (χ1n) is 15.2. The fourth-order valence-corrected chi connectivity index (χ4v) is 10.7. The van der Waals surface area contributed by atoms with Crippen LogP contribution in [0, 0.1) is 0 Å². The Morgan fingerprint density at radius 2 is 0.682 bits per heavy atom. The number of rotatable bonds is 6. The van der Waals surface area contributed by atoms with E-state index in [2.05, 4.69) is 158 Å². The molecule has 0 radical (unpaired) electrons. The van der Waals surface area contributed by atoms with Crippen molar-refractivity contribution in [2.45, 2.75) is 12.8 Å². The highest BCUT2D eigenvalue weighted by molar-refractivity contribution is 7.80. The smallest absolute Gasteiger partial charge is 0.119 e. The Morgan fingerprint density at radius 1 is 0.364 bits per heavy atom. The lowest BCUT2D eigenvalue weighted by Crippen LogP contribution is -2.26. The highest BCUT2D eigenvalue weighted by atomic mass is 31.1. The first-order chi connectivity index (χ1) is 21.8. The minimum atomic E-state index is -0.845. The Bertz CT molecular complexity index is 1590. The van der Waals surface area contributed by atoms with E-state index in [0.29, 0.717) is 13.2 Å². The molecule has 7 rings (SSSR count). The fraction of sp³-hybridized carbons (Fsp3) is 0.100. The highest BCUT2D eigenvalue weighted by Gasteiger charge is 2.26. The van der Waals surface area contributed by atoms with Crippen LogP contribution in [0.15, 0.2) is 158 Å². The van der Waals surface area contributed by atoms with Crippen LogP contribution in [-0.4, -0.2) is 13.2 Å². The van der Waals surface area contributed by atoms with Gasteiger partial charge in [0, 0.05) is 0 Å². The van der Waals surface area contributed by atoms with Crippen LogP contribution in [0.1, 0.15) is 12.8 Å². The van der Waals surface area contributed by atoms with Crippen LogP contribution in [-0.2, 0) is 0 Å². The summed E-state index contributed by atoms with van der Waals surface area (Å²) in [6.45, 7) is 1.35. The summed E-state index contributed by atoms with van der Waals surface area (Å²) in [5.74, 6) is 1.84. The lowest BCUT2D eigenvalue weighted by Gasteiger charge is -2.27. The molecule has 1 aliphatic rings. The first-order valence-corrected chi connectivity index (χ1v) is 17.9. The van der Waals surface area contributed by atoms with Crippen LogP contribution < -0.4 is 41.3 Å².